The van der Waals surface area contributed by atoms with Gasteiger partial charge in [-0.3, -0.25) is 4.79 Å². The topological polar surface area (TPSA) is 99.2 Å². The molecule has 1 aliphatic heterocycles. The third-order valence-corrected chi connectivity index (χ3v) is 7.29. The predicted octanol–water partition coefficient (Wildman–Crippen LogP) is 2.03. The number of carbonyl (C=O) groups is 2. The van der Waals surface area contributed by atoms with E-state index in [-0.39, 0.29) is 44.0 Å². The Morgan fingerprint density at radius 3 is 2.31 bits per heavy atom. The Bertz CT molecular complexity index is 889. The predicted molar refractivity (Wildman–Crippen MR) is 105 cm³/mol. The fourth-order valence-corrected chi connectivity index (χ4v) is 5.13. The van der Waals surface area contributed by atoms with Crippen molar-refractivity contribution < 1.29 is 32.2 Å². The second-order valence-corrected chi connectivity index (χ2v) is 8.62. The summed E-state index contributed by atoms with van der Waals surface area (Å²) in [6.45, 7) is 3.94. The quantitative estimate of drug-likeness (QED) is 0.510. The summed E-state index contributed by atoms with van der Waals surface area (Å²) in [7, 11) is -2.92. The fourth-order valence-electron chi connectivity index (χ4n) is 3.17. The molecule has 1 amide bonds. The lowest BCUT2D eigenvalue weighted by atomic mass is 9.96. The summed E-state index contributed by atoms with van der Waals surface area (Å²) in [5.41, 5.74) is 0. The first-order valence-corrected chi connectivity index (χ1v) is 10.7. The van der Waals surface area contributed by atoms with E-state index in [0.717, 1.165) is 7.11 Å². The molecule has 1 aromatic carbocycles. The van der Waals surface area contributed by atoms with Crippen LogP contribution in [0.1, 0.15) is 26.7 Å². The third-order valence-electron chi connectivity index (χ3n) is 4.79. The molecule has 1 saturated heterocycles. The molecule has 0 aliphatic carbocycles. The molecule has 0 radical (unpaired) electrons. The average Bonchev–Trinajstić information content (AvgIpc) is 2.73. The number of benzene rings is 1. The van der Waals surface area contributed by atoms with E-state index in [2.05, 4.69) is 11.8 Å². The maximum absolute atomic E-state index is 13.4. The Balaban J connectivity index is 2.28. The van der Waals surface area contributed by atoms with Gasteiger partial charge in [-0.05, 0) is 51.0 Å². The number of rotatable bonds is 6. The molecular formula is C20H25NO7S. The number of sulfone groups is 1. The fraction of sp³-hybridized carbons (Fsp3) is 0.500. The minimum Gasteiger partial charge on any atom is -0.481 e. The molecule has 0 saturated carbocycles. The van der Waals surface area contributed by atoms with Gasteiger partial charge in [0.05, 0.1) is 18.6 Å². The van der Waals surface area contributed by atoms with Gasteiger partial charge in [-0.2, -0.15) is 0 Å². The summed E-state index contributed by atoms with van der Waals surface area (Å²) in [5.74, 6) is 5.09. The minimum atomic E-state index is -4.08. The highest BCUT2D eigenvalue weighted by Gasteiger charge is 2.54. The highest BCUT2D eigenvalue weighted by atomic mass is 32.2. The number of methoxy groups -OCH3 is 1. The molecule has 0 bridgehead atoms. The summed E-state index contributed by atoms with van der Waals surface area (Å²) < 4.78 is 40.2. The number of carbonyl (C=O) groups excluding carboxylic acids is 2. The second-order valence-electron chi connectivity index (χ2n) is 6.36. The number of esters is 1. The molecule has 29 heavy (non-hydrogen) atoms. The van der Waals surface area contributed by atoms with Crippen molar-refractivity contribution in [2.24, 2.45) is 0 Å². The SMILES string of the molecule is CC#CCOc1ccc(S(=O)(=O)C2(C(=O)OC)CCN(C(=O)OCC)CC2)cc1. The van der Waals surface area contributed by atoms with Gasteiger partial charge < -0.3 is 19.1 Å². The number of ether oxygens (including phenoxy) is 3. The monoisotopic (exact) mass is 423 g/mol. The Kier molecular flexibility index (Phi) is 7.51. The van der Waals surface area contributed by atoms with Crippen LogP contribution >= 0.6 is 0 Å². The lowest BCUT2D eigenvalue weighted by molar-refractivity contribution is -0.145. The Morgan fingerprint density at radius 1 is 1.17 bits per heavy atom. The van der Waals surface area contributed by atoms with Crippen LogP contribution in [0.5, 0.6) is 5.75 Å². The van der Waals surface area contributed by atoms with Gasteiger partial charge in [0.25, 0.3) is 0 Å². The molecule has 0 spiro atoms. The van der Waals surface area contributed by atoms with E-state index in [9.17, 15) is 18.0 Å². The maximum Gasteiger partial charge on any atom is 0.409 e. The van der Waals surface area contributed by atoms with E-state index in [0.29, 0.717) is 5.75 Å². The number of likely N-dealkylation sites (tertiary alicyclic amines) is 1. The highest BCUT2D eigenvalue weighted by Crippen LogP contribution is 2.37. The summed E-state index contributed by atoms with van der Waals surface area (Å²) in [6, 6.07) is 5.82. The molecule has 158 valence electrons. The van der Waals surface area contributed by atoms with Gasteiger partial charge in [0, 0.05) is 13.1 Å². The van der Waals surface area contributed by atoms with Crippen LogP contribution < -0.4 is 4.74 Å². The largest absolute Gasteiger partial charge is 0.481 e. The minimum absolute atomic E-state index is 0.0126. The van der Waals surface area contributed by atoms with Crippen molar-refractivity contribution in [2.75, 3.05) is 33.4 Å². The normalized spacial score (nSPS) is 15.6. The first-order valence-electron chi connectivity index (χ1n) is 9.19. The molecule has 0 N–H and O–H groups in total. The van der Waals surface area contributed by atoms with Crippen molar-refractivity contribution in [1.29, 1.82) is 0 Å². The molecule has 1 fully saturated rings. The van der Waals surface area contributed by atoms with E-state index in [1.54, 1.807) is 13.8 Å². The molecule has 0 unspecified atom stereocenters. The van der Waals surface area contributed by atoms with Gasteiger partial charge in [0.1, 0.15) is 12.4 Å². The molecule has 8 nitrogen and oxygen atoms in total. The number of piperidine rings is 1. The lowest BCUT2D eigenvalue weighted by Gasteiger charge is -2.38. The van der Waals surface area contributed by atoms with E-state index >= 15 is 0 Å². The number of hydrogen-bond acceptors (Lipinski definition) is 7. The van der Waals surface area contributed by atoms with Crippen LogP contribution in [0.25, 0.3) is 0 Å². The molecule has 1 aromatic rings. The maximum atomic E-state index is 13.4. The third kappa shape index (κ3) is 4.65. The van der Waals surface area contributed by atoms with Crippen molar-refractivity contribution in [1.82, 2.24) is 4.90 Å². The van der Waals surface area contributed by atoms with Crippen LogP contribution in [0.2, 0.25) is 0 Å². The van der Waals surface area contributed by atoms with Gasteiger partial charge >= 0.3 is 12.1 Å². The summed E-state index contributed by atoms with van der Waals surface area (Å²) in [4.78, 5) is 25.9. The second kappa shape index (κ2) is 9.65. The van der Waals surface area contributed by atoms with Gasteiger partial charge in [0.2, 0.25) is 0 Å². The van der Waals surface area contributed by atoms with Gasteiger partial charge in [-0.25, -0.2) is 13.2 Å². The summed E-state index contributed by atoms with van der Waals surface area (Å²) >= 11 is 0. The van der Waals surface area contributed by atoms with Crippen molar-refractivity contribution in [3.63, 3.8) is 0 Å². The number of hydrogen-bond donors (Lipinski definition) is 0. The van der Waals surface area contributed by atoms with Gasteiger partial charge in [0.15, 0.2) is 14.6 Å². The van der Waals surface area contributed by atoms with Crippen LogP contribution in [-0.2, 0) is 24.1 Å². The Hall–Kier alpha value is -2.73. The van der Waals surface area contributed by atoms with Crippen molar-refractivity contribution in [2.45, 2.75) is 36.3 Å². The van der Waals surface area contributed by atoms with Crippen LogP contribution in [-0.4, -0.2) is 63.5 Å². The van der Waals surface area contributed by atoms with Crippen molar-refractivity contribution in [3.8, 4) is 17.6 Å². The van der Waals surface area contributed by atoms with Gasteiger partial charge in [-0.15, -0.1) is 5.92 Å². The zero-order valence-electron chi connectivity index (χ0n) is 16.8. The average molecular weight is 423 g/mol. The standard InChI is InChI=1S/C20H25NO7S/c1-4-6-15-28-16-7-9-17(10-8-16)29(24,25)20(18(22)26-3)11-13-21(14-12-20)19(23)27-5-2/h7-10H,5,11-15H2,1-3H3. The summed E-state index contributed by atoms with van der Waals surface area (Å²) in [6.07, 6.45) is -0.684. The number of nitrogens with zero attached hydrogens (tertiary/aromatic N) is 1. The van der Waals surface area contributed by atoms with E-state index < -0.39 is 26.6 Å². The molecular weight excluding hydrogens is 398 g/mol. The van der Waals surface area contributed by atoms with Crippen molar-refractivity contribution >= 4 is 21.9 Å². The Labute approximate surface area is 171 Å². The van der Waals surface area contributed by atoms with E-state index in [1.807, 2.05) is 0 Å². The summed E-state index contributed by atoms with van der Waals surface area (Å²) in [5, 5.41) is 0. The molecule has 2 rings (SSSR count). The van der Waals surface area contributed by atoms with Gasteiger partial charge in [-0.1, -0.05) is 5.92 Å². The van der Waals surface area contributed by atoms with E-state index in [4.69, 9.17) is 14.2 Å². The zero-order valence-corrected chi connectivity index (χ0v) is 17.6. The molecule has 1 aliphatic rings. The smallest absolute Gasteiger partial charge is 0.409 e. The van der Waals surface area contributed by atoms with Crippen LogP contribution in [0.3, 0.4) is 0 Å². The first kappa shape index (κ1) is 22.6. The molecule has 0 atom stereocenters. The zero-order chi connectivity index (χ0) is 21.5. The lowest BCUT2D eigenvalue weighted by Crippen LogP contribution is -2.55. The van der Waals surface area contributed by atoms with Crippen molar-refractivity contribution in [3.05, 3.63) is 24.3 Å². The van der Waals surface area contributed by atoms with Crippen LogP contribution in [0.15, 0.2) is 29.2 Å². The highest BCUT2D eigenvalue weighted by molar-refractivity contribution is 7.93. The molecule has 1 heterocycles. The van der Waals surface area contributed by atoms with Crippen LogP contribution in [0, 0.1) is 11.8 Å². The first-order chi connectivity index (χ1) is 13.8. The molecule has 0 aromatic heterocycles. The van der Waals surface area contributed by atoms with Crippen LogP contribution in [0.4, 0.5) is 4.79 Å². The Morgan fingerprint density at radius 2 is 1.79 bits per heavy atom. The number of amides is 1. The molecule has 9 heteroatoms. The van der Waals surface area contributed by atoms with E-state index in [1.165, 1.54) is 29.2 Å².